The van der Waals surface area contributed by atoms with Gasteiger partial charge < -0.3 is 9.88 Å². The predicted molar refractivity (Wildman–Crippen MR) is 59.9 cm³/mol. The molecule has 1 unspecified atom stereocenters. The van der Waals surface area contributed by atoms with E-state index in [9.17, 15) is 4.79 Å². The molecule has 4 heteroatoms. The van der Waals surface area contributed by atoms with Crippen LogP contribution >= 0.6 is 0 Å². The molecule has 1 aromatic rings. The highest BCUT2D eigenvalue weighted by atomic mass is 16.1. The fourth-order valence-electron chi connectivity index (χ4n) is 2.00. The summed E-state index contributed by atoms with van der Waals surface area (Å²) in [6.07, 6.45) is 6.30. The smallest absolute Gasteiger partial charge is 0.312 e. The molecule has 2 rings (SSSR count). The Morgan fingerprint density at radius 3 is 2.73 bits per heavy atom. The molecule has 0 spiro atoms. The first-order chi connectivity index (χ1) is 7.22. The highest BCUT2D eigenvalue weighted by Crippen LogP contribution is 2.33. The van der Waals surface area contributed by atoms with Crippen molar-refractivity contribution in [3.05, 3.63) is 22.9 Å². The maximum atomic E-state index is 11.6. The van der Waals surface area contributed by atoms with Crippen LogP contribution < -0.4 is 11.0 Å². The number of hydrogen-bond donors (Lipinski definition) is 1. The van der Waals surface area contributed by atoms with Gasteiger partial charge in [-0.05, 0) is 25.3 Å². The number of aromatic nitrogens is 2. The average Bonchev–Trinajstić information content (AvgIpc) is 3.00. The first-order valence-corrected chi connectivity index (χ1v) is 5.67. The normalized spacial score (nSPS) is 18.0. The van der Waals surface area contributed by atoms with E-state index in [1.54, 1.807) is 16.2 Å². The van der Waals surface area contributed by atoms with Gasteiger partial charge in [-0.2, -0.15) is 0 Å². The zero-order valence-corrected chi connectivity index (χ0v) is 9.44. The second-order valence-corrected chi connectivity index (χ2v) is 4.35. The molecule has 1 aliphatic carbocycles. The molecule has 0 aliphatic heterocycles. The maximum absolute atomic E-state index is 11.6. The van der Waals surface area contributed by atoms with E-state index in [1.165, 1.54) is 12.8 Å². The Morgan fingerprint density at radius 1 is 1.53 bits per heavy atom. The number of imidazole rings is 1. The zero-order valence-electron chi connectivity index (χ0n) is 9.44. The second kappa shape index (κ2) is 4.23. The third-order valence-corrected chi connectivity index (χ3v) is 3.07. The lowest BCUT2D eigenvalue weighted by Crippen LogP contribution is -2.38. The summed E-state index contributed by atoms with van der Waals surface area (Å²) >= 11 is 0. The third-order valence-electron chi connectivity index (χ3n) is 3.07. The van der Waals surface area contributed by atoms with Gasteiger partial charge in [0, 0.05) is 32.0 Å². The van der Waals surface area contributed by atoms with Crippen LogP contribution in [0.2, 0.25) is 0 Å². The molecule has 0 bridgehead atoms. The maximum Gasteiger partial charge on any atom is 0.327 e. The lowest BCUT2D eigenvalue weighted by molar-refractivity contribution is 0.409. The van der Waals surface area contributed by atoms with E-state index >= 15 is 0 Å². The summed E-state index contributed by atoms with van der Waals surface area (Å²) in [4.78, 5) is 11.6. The van der Waals surface area contributed by atoms with E-state index in [4.69, 9.17) is 0 Å². The molecule has 1 N–H and O–H groups in total. The number of nitrogens with zero attached hydrogens (tertiary/aromatic N) is 2. The van der Waals surface area contributed by atoms with Crippen molar-refractivity contribution >= 4 is 0 Å². The Bertz CT molecular complexity index is 375. The summed E-state index contributed by atoms with van der Waals surface area (Å²) in [5.41, 5.74) is 0.0820. The Kier molecular flexibility index (Phi) is 2.95. The van der Waals surface area contributed by atoms with Gasteiger partial charge in [0.05, 0.1) is 0 Å². The van der Waals surface area contributed by atoms with Crippen LogP contribution in [0, 0.1) is 5.92 Å². The summed E-state index contributed by atoms with van der Waals surface area (Å²) in [5.74, 6) is 0.775. The van der Waals surface area contributed by atoms with Gasteiger partial charge in [-0.15, -0.1) is 0 Å². The highest BCUT2D eigenvalue weighted by molar-refractivity contribution is 4.89. The number of nitrogens with one attached hydrogen (secondary N) is 1. The van der Waals surface area contributed by atoms with Crippen LogP contribution in [0.3, 0.4) is 0 Å². The number of rotatable bonds is 5. The summed E-state index contributed by atoms with van der Waals surface area (Å²) in [6, 6.07) is 0.468. The summed E-state index contributed by atoms with van der Waals surface area (Å²) < 4.78 is 3.42. The molecule has 1 atom stereocenters. The minimum absolute atomic E-state index is 0.0820. The van der Waals surface area contributed by atoms with Crippen molar-refractivity contribution in [1.29, 1.82) is 0 Å². The third kappa shape index (κ3) is 2.31. The molecule has 1 fully saturated rings. The van der Waals surface area contributed by atoms with Crippen LogP contribution in [-0.4, -0.2) is 21.7 Å². The first kappa shape index (κ1) is 10.5. The first-order valence-electron chi connectivity index (χ1n) is 5.67. The monoisotopic (exact) mass is 209 g/mol. The van der Waals surface area contributed by atoms with E-state index in [1.807, 2.05) is 12.4 Å². The van der Waals surface area contributed by atoms with E-state index < -0.39 is 0 Å². The molecule has 1 aromatic heterocycles. The van der Waals surface area contributed by atoms with Crippen LogP contribution in [0.1, 0.15) is 19.8 Å². The van der Waals surface area contributed by atoms with Crippen molar-refractivity contribution in [1.82, 2.24) is 14.5 Å². The Morgan fingerprint density at radius 2 is 2.27 bits per heavy atom. The summed E-state index contributed by atoms with van der Waals surface area (Å²) in [6.45, 7) is 3.89. The fourth-order valence-corrected chi connectivity index (χ4v) is 2.00. The molecule has 15 heavy (non-hydrogen) atoms. The molecule has 4 nitrogen and oxygen atoms in total. The molecule has 1 heterocycles. The van der Waals surface area contributed by atoms with Crippen molar-refractivity contribution < 1.29 is 0 Å². The average molecular weight is 209 g/mol. The lowest BCUT2D eigenvalue weighted by Gasteiger charge is -2.17. The standard InChI is InChI=1S/C11H19N3O/c1-3-12-10(9-4-5-9)8-14-7-6-13(2)11(14)15/h6-7,9-10,12H,3-5,8H2,1-2H3. The number of aryl methyl sites for hydroxylation is 1. The minimum Gasteiger partial charge on any atom is -0.312 e. The quantitative estimate of drug-likeness (QED) is 0.770. The lowest BCUT2D eigenvalue weighted by atomic mass is 10.2. The highest BCUT2D eigenvalue weighted by Gasteiger charge is 2.30. The van der Waals surface area contributed by atoms with Gasteiger partial charge in [0.15, 0.2) is 0 Å². The van der Waals surface area contributed by atoms with Gasteiger partial charge in [-0.1, -0.05) is 6.92 Å². The molecule has 1 aliphatic rings. The van der Waals surface area contributed by atoms with Crippen molar-refractivity contribution in [3.63, 3.8) is 0 Å². The SMILES string of the molecule is CCNC(Cn1ccn(C)c1=O)C1CC1. The fraction of sp³-hybridized carbons (Fsp3) is 0.727. The molecule has 84 valence electrons. The van der Waals surface area contributed by atoms with E-state index in [0.29, 0.717) is 6.04 Å². The van der Waals surface area contributed by atoms with Gasteiger partial charge in [0.2, 0.25) is 0 Å². The van der Waals surface area contributed by atoms with Gasteiger partial charge in [0.25, 0.3) is 0 Å². The molecular formula is C11H19N3O. The Balaban J connectivity index is 2.05. The van der Waals surface area contributed by atoms with Crippen LogP contribution in [-0.2, 0) is 13.6 Å². The van der Waals surface area contributed by atoms with Crippen molar-refractivity contribution in [3.8, 4) is 0 Å². The van der Waals surface area contributed by atoms with Gasteiger partial charge in [-0.25, -0.2) is 4.79 Å². The summed E-state index contributed by atoms with van der Waals surface area (Å²) in [5, 5.41) is 3.46. The number of likely N-dealkylation sites (N-methyl/N-ethyl adjacent to an activating group) is 1. The molecule has 0 saturated heterocycles. The molecular weight excluding hydrogens is 190 g/mol. The van der Waals surface area contributed by atoms with Crippen molar-refractivity contribution in [2.24, 2.45) is 13.0 Å². The van der Waals surface area contributed by atoms with E-state index in [-0.39, 0.29) is 5.69 Å². The van der Waals surface area contributed by atoms with Gasteiger partial charge in [0.1, 0.15) is 0 Å². The minimum atomic E-state index is 0.0820. The second-order valence-electron chi connectivity index (χ2n) is 4.35. The van der Waals surface area contributed by atoms with Gasteiger partial charge in [-0.3, -0.25) is 4.57 Å². The van der Waals surface area contributed by atoms with Crippen LogP contribution in [0.5, 0.6) is 0 Å². The Hall–Kier alpha value is -1.03. The zero-order chi connectivity index (χ0) is 10.8. The van der Waals surface area contributed by atoms with E-state index in [0.717, 1.165) is 19.0 Å². The Labute approximate surface area is 89.9 Å². The van der Waals surface area contributed by atoms with Crippen LogP contribution in [0.25, 0.3) is 0 Å². The van der Waals surface area contributed by atoms with Crippen LogP contribution in [0.15, 0.2) is 17.2 Å². The van der Waals surface area contributed by atoms with Crippen molar-refractivity contribution in [2.45, 2.75) is 32.4 Å². The molecule has 0 aromatic carbocycles. The molecule has 0 radical (unpaired) electrons. The van der Waals surface area contributed by atoms with E-state index in [2.05, 4.69) is 12.2 Å². The largest absolute Gasteiger partial charge is 0.327 e. The van der Waals surface area contributed by atoms with Gasteiger partial charge >= 0.3 is 5.69 Å². The molecule has 1 saturated carbocycles. The predicted octanol–water partition coefficient (Wildman–Crippen LogP) is 0.575. The van der Waals surface area contributed by atoms with Crippen LogP contribution in [0.4, 0.5) is 0 Å². The number of hydrogen-bond acceptors (Lipinski definition) is 2. The summed E-state index contributed by atoms with van der Waals surface area (Å²) in [7, 11) is 1.79. The van der Waals surface area contributed by atoms with Crippen molar-refractivity contribution in [2.75, 3.05) is 6.54 Å². The molecule has 0 amide bonds. The topological polar surface area (TPSA) is 39.0 Å².